The second-order valence-corrected chi connectivity index (χ2v) is 2.86. The monoisotopic (exact) mass is 158 g/mol. The van der Waals surface area contributed by atoms with Crippen molar-refractivity contribution >= 4 is 5.97 Å². The molecule has 0 aromatic heterocycles. The van der Waals surface area contributed by atoms with E-state index in [-0.39, 0.29) is 6.54 Å². The fraction of sp³-hybridized carbons (Fsp3) is 0.571. The number of carbonyl (C=O) groups is 1. The molecule has 4 heteroatoms. The van der Waals surface area contributed by atoms with Crippen molar-refractivity contribution in [3.05, 3.63) is 12.7 Å². The summed E-state index contributed by atoms with van der Waals surface area (Å²) in [6.45, 7) is 4.09. The number of nitrogens with one attached hydrogen (secondary N) is 1. The van der Waals surface area contributed by atoms with E-state index in [0.717, 1.165) is 0 Å². The molecule has 4 nitrogen and oxygen atoms in total. The van der Waals surface area contributed by atoms with E-state index in [1.807, 2.05) is 14.1 Å². The molecule has 0 aliphatic rings. The molecule has 11 heavy (non-hydrogen) atoms. The van der Waals surface area contributed by atoms with Gasteiger partial charge in [-0.3, -0.25) is 0 Å². The molecule has 0 saturated heterocycles. The number of carbonyl (C=O) groups excluding carboxylic acids is 1. The molecule has 0 saturated carbocycles. The average Bonchev–Trinajstić information content (AvgIpc) is 1.84. The summed E-state index contributed by atoms with van der Waals surface area (Å²) in [5.74, 6) is -1.10. The maximum atomic E-state index is 10.0. The Hall–Kier alpha value is -0.870. The van der Waals surface area contributed by atoms with Crippen molar-refractivity contribution in [2.75, 3.05) is 27.2 Å². The SMILES string of the molecule is C=CC[N+](C)(C)NCC(=O)[O-]. The summed E-state index contributed by atoms with van der Waals surface area (Å²) in [6, 6.07) is 0. The Kier molecular flexibility index (Phi) is 3.78. The maximum Gasteiger partial charge on any atom is 0.114 e. The molecule has 0 heterocycles. The fourth-order valence-corrected chi connectivity index (χ4v) is 0.666. The molecule has 0 amide bonds. The van der Waals surface area contributed by atoms with E-state index >= 15 is 0 Å². The van der Waals surface area contributed by atoms with Crippen LogP contribution >= 0.6 is 0 Å². The highest BCUT2D eigenvalue weighted by Crippen LogP contribution is 1.88. The lowest BCUT2D eigenvalue weighted by molar-refractivity contribution is -0.928. The molecule has 0 bridgehead atoms. The summed E-state index contributed by atoms with van der Waals surface area (Å²) in [7, 11) is 3.70. The van der Waals surface area contributed by atoms with Crippen molar-refractivity contribution in [1.82, 2.24) is 5.43 Å². The van der Waals surface area contributed by atoms with Crippen molar-refractivity contribution in [3.8, 4) is 0 Å². The molecular weight excluding hydrogens is 144 g/mol. The van der Waals surface area contributed by atoms with Gasteiger partial charge in [-0.1, -0.05) is 6.58 Å². The lowest BCUT2D eigenvalue weighted by Gasteiger charge is -2.28. The highest BCUT2D eigenvalue weighted by Gasteiger charge is 2.10. The first-order valence-corrected chi connectivity index (χ1v) is 3.37. The van der Waals surface area contributed by atoms with Crippen LogP contribution in [0.4, 0.5) is 0 Å². The van der Waals surface area contributed by atoms with Crippen LogP contribution in [-0.2, 0) is 4.79 Å². The molecule has 0 atom stereocenters. The smallest absolute Gasteiger partial charge is 0.114 e. The van der Waals surface area contributed by atoms with Gasteiger partial charge in [0.15, 0.2) is 0 Å². The number of carboxylic acids is 1. The zero-order chi connectivity index (χ0) is 8.91. The van der Waals surface area contributed by atoms with E-state index in [9.17, 15) is 9.90 Å². The van der Waals surface area contributed by atoms with E-state index in [1.54, 1.807) is 6.08 Å². The van der Waals surface area contributed by atoms with E-state index in [1.165, 1.54) is 0 Å². The number of likely N-dealkylation sites (N-methyl/N-ethyl adjacent to an activating group) is 1. The predicted molar refractivity (Wildman–Crippen MR) is 40.2 cm³/mol. The van der Waals surface area contributed by atoms with Crippen LogP contribution < -0.4 is 10.5 Å². The molecular formula is C7H14N2O2. The van der Waals surface area contributed by atoms with Gasteiger partial charge in [0.25, 0.3) is 0 Å². The van der Waals surface area contributed by atoms with Crippen LogP contribution in [-0.4, -0.2) is 37.7 Å². The van der Waals surface area contributed by atoms with Gasteiger partial charge in [-0.2, -0.15) is 5.43 Å². The molecule has 0 aromatic carbocycles. The first-order valence-electron chi connectivity index (χ1n) is 3.37. The molecule has 1 N–H and O–H groups in total. The summed E-state index contributed by atoms with van der Waals surface area (Å²) in [4.78, 5) is 10.0. The Bertz CT molecular complexity index is 155. The third-order valence-corrected chi connectivity index (χ3v) is 1.24. The van der Waals surface area contributed by atoms with Gasteiger partial charge >= 0.3 is 0 Å². The highest BCUT2D eigenvalue weighted by atomic mass is 16.4. The molecule has 0 aliphatic carbocycles. The van der Waals surface area contributed by atoms with Gasteiger partial charge in [0.2, 0.25) is 0 Å². The number of carboxylic acid groups (broad SMARTS) is 1. The van der Waals surface area contributed by atoms with Crippen LogP contribution in [0.5, 0.6) is 0 Å². The third-order valence-electron chi connectivity index (χ3n) is 1.24. The maximum absolute atomic E-state index is 10.0. The summed E-state index contributed by atoms with van der Waals surface area (Å²) in [6.07, 6.45) is 1.72. The van der Waals surface area contributed by atoms with Crippen molar-refractivity contribution in [2.45, 2.75) is 0 Å². The van der Waals surface area contributed by atoms with Gasteiger partial charge in [-0.05, 0) is 6.08 Å². The lowest BCUT2D eigenvalue weighted by Crippen LogP contribution is -2.55. The molecule has 0 rings (SSSR count). The van der Waals surface area contributed by atoms with Gasteiger partial charge in [-0.25, -0.2) is 4.59 Å². The zero-order valence-corrected chi connectivity index (χ0v) is 6.96. The molecule has 0 radical (unpaired) electrons. The minimum atomic E-state index is -1.10. The third kappa shape index (κ3) is 5.57. The standard InChI is InChI=1S/C7H14N2O2/c1-4-5-9(2,3)8-6-7(10)11/h4,8H,1,5-6H2,2-3H3. The zero-order valence-electron chi connectivity index (χ0n) is 6.96. The fourth-order valence-electron chi connectivity index (χ4n) is 0.666. The Labute approximate surface area is 66.7 Å². The Morgan fingerprint density at radius 1 is 1.73 bits per heavy atom. The van der Waals surface area contributed by atoms with Crippen LogP contribution in [0.15, 0.2) is 12.7 Å². The number of hydrogen-bond acceptors (Lipinski definition) is 3. The first-order chi connectivity index (χ1) is 4.98. The normalized spacial score (nSPS) is 11.1. The van der Waals surface area contributed by atoms with Crippen LogP contribution in [0, 0.1) is 0 Å². The molecule has 0 unspecified atom stereocenters. The van der Waals surface area contributed by atoms with E-state index in [0.29, 0.717) is 11.1 Å². The first kappa shape index (κ1) is 10.1. The largest absolute Gasteiger partial charge is 0.549 e. The van der Waals surface area contributed by atoms with Crippen molar-refractivity contribution < 1.29 is 14.5 Å². The number of rotatable bonds is 5. The van der Waals surface area contributed by atoms with Crippen molar-refractivity contribution in [1.29, 1.82) is 0 Å². The van der Waals surface area contributed by atoms with Crippen LogP contribution in [0.3, 0.4) is 0 Å². The highest BCUT2D eigenvalue weighted by molar-refractivity contribution is 5.66. The summed E-state index contributed by atoms with van der Waals surface area (Å²) < 4.78 is 0.400. The summed E-state index contributed by atoms with van der Waals surface area (Å²) in [5, 5.41) is 10.0. The molecule has 0 spiro atoms. The van der Waals surface area contributed by atoms with Gasteiger partial charge in [0.1, 0.15) is 6.54 Å². The lowest BCUT2D eigenvalue weighted by atomic mass is 10.5. The number of nitrogens with zero attached hydrogens (tertiary/aromatic N) is 1. The van der Waals surface area contributed by atoms with Crippen molar-refractivity contribution in [3.63, 3.8) is 0 Å². The minimum absolute atomic E-state index is 0.138. The molecule has 64 valence electrons. The van der Waals surface area contributed by atoms with Crippen LogP contribution in [0.1, 0.15) is 0 Å². The van der Waals surface area contributed by atoms with Crippen molar-refractivity contribution in [2.24, 2.45) is 0 Å². The van der Waals surface area contributed by atoms with E-state index in [2.05, 4.69) is 12.0 Å². The predicted octanol–water partition coefficient (Wildman–Crippen LogP) is -1.50. The Morgan fingerprint density at radius 3 is 2.64 bits per heavy atom. The number of hydrogen-bond donors (Lipinski definition) is 1. The second kappa shape index (κ2) is 4.10. The Morgan fingerprint density at radius 2 is 2.27 bits per heavy atom. The van der Waals surface area contributed by atoms with Gasteiger partial charge in [0, 0.05) is 0 Å². The number of quaternary nitrogens is 1. The van der Waals surface area contributed by atoms with Gasteiger partial charge < -0.3 is 9.90 Å². The second-order valence-electron chi connectivity index (χ2n) is 2.86. The van der Waals surface area contributed by atoms with Gasteiger partial charge in [0.05, 0.1) is 26.6 Å². The molecule has 0 aromatic rings. The Balaban J connectivity index is 3.71. The summed E-state index contributed by atoms with van der Waals surface area (Å²) >= 11 is 0. The quantitative estimate of drug-likeness (QED) is 0.301. The molecule has 0 fully saturated rings. The van der Waals surface area contributed by atoms with Crippen LogP contribution in [0.2, 0.25) is 0 Å². The molecule has 0 aliphatic heterocycles. The number of aliphatic carboxylic acids is 1. The van der Waals surface area contributed by atoms with E-state index < -0.39 is 5.97 Å². The summed E-state index contributed by atoms with van der Waals surface area (Å²) in [5.41, 5.74) is 2.76. The van der Waals surface area contributed by atoms with Gasteiger partial charge in [-0.15, -0.1) is 0 Å². The average molecular weight is 158 g/mol. The topological polar surface area (TPSA) is 52.2 Å². The van der Waals surface area contributed by atoms with Crippen LogP contribution in [0.25, 0.3) is 0 Å². The minimum Gasteiger partial charge on any atom is -0.549 e. The van der Waals surface area contributed by atoms with E-state index in [4.69, 9.17) is 0 Å².